The fraction of sp³-hybridized carbons (Fsp3) is 0.0556. The van der Waals surface area contributed by atoms with Crippen LogP contribution in [-0.2, 0) is 11.8 Å². The number of carbonyl (C=O) groups is 1. The molecule has 1 aliphatic rings. The van der Waals surface area contributed by atoms with E-state index in [-0.39, 0.29) is 5.91 Å². The predicted octanol–water partition coefficient (Wildman–Crippen LogP) is 2.49. The number of aryl methyl sites for hydroxylation is 1. The van der Waals surface area contributed by atoms with E-state index >= 15 is 0 Å². The normalized spacial score (nSPS) is 16.0. The largest absolute Gasteiger partial charge is 0.350 e. The zero-order chi connectivity index (χ0) is 15.8. The van der Waals surface area contributed by atoms with E-state index in [2.05, 4.69) is 32.2 Å². The average Bonchev–Trinajstić information content (AvgIpc) is 3.11. The van der Waals surface area contributed by atoms with Gasteiger partial charge in [0.05, 0.1) is 5.57 Å². The van der Waals surface area contributed by atoms with Crippen molar-refractivity contribution in [2.24, 2.45) is 12.1 Å². The van der Waals surface area contributed by atoms with Gasteiger partial charge >= 0.3 is 0 Å². The molecule has 4 rings (SSSR count). The van der Waals surface area contributed by atoms with Crippen LogP contribution in [0.2, 0.25) is 0 Å². The minimum Gasteiger partial charge on any atom is -0.350 e. The van der Waals surface area contributed by atoms with Gasteiger partial charge in [-0.05, 0) is 24.3 Å². The van der Waals surface area contributed by atoms with Gasteiger partial charge in [0.15, 0.2) is 0 Å². The molecule has 1 N–H and O–H groups in total. The van der Waals surface area contributed by atoms with E-state index in [1.54, 1.807) is 12.4 Å². The molecule has 0 radical (unpaired) electrons. The Labute approximate surface area is 133 Å². The summed E-state index contributed by atoms with van der Waals surface area (Å²) in [5.74, 6) is -0.197. The van der Waals surface area contributed by atoms with Crippen LogP contribution in [0.4, 0.5) is 0 Å². The molecule has 112 valence electrons. The second-order valence-electron chi connectivity index (χ2n) is 5.41. The zero-order valence-corrected chi connectivity index (χ0v) is 12.5. The highest BCUT2D eigenvalue weighted by Crippen LogP contribution is 2.24. The van der Waals surface area contributed by atoms with E-state index in [1.807, 2.05) is 43.6 Å². The number of amides is 1. The number of nitrogens with zero attached hydrogens (tertiary/aromatic N) is 3. The van der Waals surface area contributed by atoms with Gasteiger partial charge in [-0.15, -0.1) is 0 Å². The third-order valence-electron chi connectivity index (χ3n) is 3.93. The van der Waals surface area contributed by atoms with Gasteiger partial charge < -0.3 is 4.57 Å². The highest BCUT2D eigenvalue weighted by Gasteiger charge is 2.24. The van der Waals surface area contributed by atoms with Crippen molar-refractivity contribution >= 4 is 28.6 Å². The number of pyridine rings is 1. The number of fused-ring (bicyclic) bond motifs is 1. The maximum atomic E-state index is 12.2. The van der Waals surface area contributed by atoms with E-state index in [0.717, 1.165) is 22.0 Å². The Morgan fingerprint density at radius 1 is 1.17 bits per heavy atom. The van der Waals surface area contributed by atoms with Crippen LogP contribution in [-0.4, -0.2) is 21.2 Å². The van der Waals surface area contributed by atoms with Crippen LogP contribution < -0.4 is 5.43 Å². The number of benzene rings is 1. The Bertz CT molecular complexity index is 967. The van der Waals surface area contributed by atoms with Crippen molar-refractivity contribution in [3.8, 4) is 0 Å². The van der Waals surface area contributed by atoms with Crippen LogP contribution in [0.25, 0.3) is 17.0 Å². The monoisotopic (exact) mass is 302 g/mol. The molecular weight excluding hydrogens is 288 g/mol. The number of hydrogen-bond acceptors (Lipinski definition) is 3. The Kier molecular flexibility index (Phi) is 3.05. The summed E-state index contributed by atoms with van der Waals surface area (Å²) < 4.78 is 2.05. The molecule has 3 aromatic rings. The smallest absolute Gasteiger partial charge is 0.273 e. The number of hydrazone groups is 1. The minimum atomic E-state index is -0.197. The highest BCUT2D eigenvalue weighted by atomic mass is 16.2. The lowest BCUT2D eigenvalue weighted by Gasteiger charge is -2.00. The Morgan fingerprint density at radius 3 is 2.87 bits per heavy atom. The lowest BCUT2D eigenvalue weighted by molar-refractivity contribution is -0.116. The summed E-state index contributed by atoms with van der Waals surface area (Å²) in [7, 11) is 2.00. The van der Waals surface area contributed by atoms with Crippen molar-refractivity contribution in [1.82, 2.24) is 15.0 Å². The summed E-state index contributed by atoms with van der Waals surface area (Å²) >= 11 is 0. The van der Waals surface area contributed by atoms with Gasteiger partial charge in [-0.2, -0.15) is 5.10 Å². The summed E-state index contributed by atoms with van der Waals surface area (Å²) in [6.45, 7) is 0. The molecule has 0 atom stereocenters. The Hall–Kier alpha value is -3.21. The minimum absolute atomic E-state index is 0.197. The number of para-hydroxylation sites is 1. The fourth-order valence-electron chi connectivity index (χ4n) is 2.84. The summed E-state index contributed by atoms with van der Waals surface area (Å²) in [4.78, 5) is 16.3. The summed E-state index contributed by atoms with van der Waals surface area (Å²) in [6.07, 6.45) is 7.30. The van der Waals surface area contributed by atoms with Crippen molar-refractivity contribution < 1.29 is 4.79 Å². The van der Waals surface area contributed by atoms with E-state index in [0.29, 0.717) is 11.3 Å². The lowest BCUT2D eigenvalue weighted by Crippen LogP contribution is -2.13. The molecule has 23 heavy (non-hydrogen) atoms. The van der Waals surface area contributed by atoms with Gasteiger partial charge in [0, 0.05) is 47.7 Å². The van der Waals surface area contributed by atoms with Gasteiger partial charge in [-0.1, -0.05) is 18.2 Å². The van der Waals surface area contributed by atoms with Gasteiger partial charge in [0.25, 0.3) is 5.91 Å². The molecule has 0 spiro atoms. The van der Waals surface area contributed by atoms with E-state index < -0.39 is 0 Å². The molecule has 5 nitrogen and oxygen atoms in total. The molecule has 1 amide bonds. The first-order valence-corrected chi connectivity index (χ1v) is 7.28. The third-order valence-corrected chi connectivity index (χ3v) is 3.93. The summed E-state index contributed by atoms with van der Waals surface area (Å²) in [5, 5.41) is 5.26. The number of nitrogens with one attached hydrogen (secondary N) is 1. The molecule has 0 saturated heterocycles. The van der Waals surface area contributed by atoms with Crippen molar-refractivity contribution in [3.05, 3.63) is 71.7 Å². The molecule has 2 aromatic heterocycles. The van der Waals surface area contributed by atoms with Gasteiger partial charge in [0.2, 0.25) is 0 Å². The van der Waals surface area contributed by atoms with Crippen LogP contribution in [0, 0.1) is 0 Å². The first kappa shape index (κ1) is 13.5. The highest BCUT2D eigenvalue weighted by molar-refractivity contribution is 6.33. The van der Waals surface area contributed by atoms with Crippen molar-refractivity contribution in [2.45, 2.75) is 0 Å². The summed E-state index contributed by atoms with van der Waals surface area (Å²) in [6, 6.07) is 11.8. The number of carbonyl (C=O) groups excluding carboxylic acids is 1. The van der Waals surface area contributed by atoms with Crippen LogP contribution in [0.1, 0.15) is 11.1 Å². The number of aromatic nitrogens is 2. The van der Waals surface area contributed by atoms with Crippen LogP contribution in [0.3, 0.4) is 0 Å². The number of rotatable bonds is 2. The second-order valence-corrected chi connectivity index (χ2v) is 5.41. The van der Waals surface area contributed by atoms with Gasteiger partial charge in [-0.3, -0.25) is 9.78 Å². The first-order chi connectivity index (χ1) is 11.2. The standard InChI is InChI=1S/C18H14N4O/c1-22-11-13(14-6-2-3-7-16(14)22)9-15-17(20-21-18(15)23)12-5-4-8-19-10-12/h2-11H,1H3,(H,21,23)/b15-9-. The molecule has 0 bridgehead atoms. The van der Waals surface area contributed by atoms with E-state index in [4.69, 9.17) is 0 Å². The van der Waals surface area contributed by atoms with Crippen molar-refractivity contribution in [3.63, 3.8) is 0 Å². The molecule has 1 aliphatic heterocycles. The van der Waals surface area contributed by atoms with Gasteiger partial charge in [0.1, 0.15) is 5.71 Å². The van der Waals surface area contributed by atoms with E-state index in [1.165, 1.54) is 0 Å². The van der Waals surface area contributed by atoms with Crippen molar-refractivity contribution in [2.75, 3.05) is 0 Å². The molecule has 0 aliphatic carbocycles. The fourth-order valence-corrected chi connectivity index (χ4v) is 2.84. The summed E-state index contributed by atoms with van der Waals surface area (Å²) in [5.41, 5.74) is 6.64. The quantitative estimate of drug-likeness (QED) is 0.739. The molecule has 5 heteroatoms. The van der Waals surface area contributed by atoms with Crippen LogP contribution in [0.15, 0.2) is 65.7 Å². The Morgan fingerprint density at radius 2 is 2.04 bits per heavy atom. The van der Waals surface area contributed by atoms with E-state index in [9.17, 15) is 4.79 Å². The topological polar surface area (TPSA) is 59.3 Å². The molecule has 1 aromatic carbocycles. The third kappa shape index (κ3) is 2.23. The average molecular weight is 302 g/mol. The first-order valence-electron chi connectivity index (χ1n) is 7.28. The SMILES string of the molecule is Cn1cc(/C=C2\C(=O)NN=C2c2cccnc2)c2ccccc21. The molecular formula is C18H14N4O. The van der Waals surface area contributed by atoms with Crippen LogP contribution in [0.5, 0.6) is 0 Å². The maximum Gasteiger partial charge on any atom is 0.273 e. The van der Waals surface area contributed by atoms with Crippen LogP contribution >= 0.6 is 0 Å². The lowest BCUT2D eigenvalue weighted by atomic mass is 10.0. The van der Waals surface area contributed by atoms with Crippen molar-refractivity contribution in [1.29, 1.82) is 0 Å². The predicted molar refractivity (Wildman–Crippen MR) is 89.8 cm³/mol. The van der Waals surface area contributed by atoms with Gasteiger partial charge in [-0.25, -0.2) is 5.43 Å². The maximum absolute atomic E-state index is 12.2. The Balaban J connectivity index is 1.86. The molecule has 0 saturated carbocycles. The second kappa shape index (κ2) is 5.21. The molecule has 0 fully saturated rings. The molecule has 3 heterocycles. The molecule has 0 unspecified atom stereocenters. The zero-order valence-electron chi connectivity index (χ0n) is 12.5. The number of hydrogen-bond donors (Lipinski definition) is 1.